The molecule has 4 nitrogen and oxygen atoms in total. The number of nitrogens with one attached hydrogen (secondary N) is 1. The van der Waals surface area contributed by atoms with Gasteiger partial charge in [-0.2, -0.15) is 5.26 Å². The van der Waals surface area contributed by atoms with Gasteiger partial charge in [-0.05, 0) is 11.4 Å². The third-order valence-electron chi connectivity index (χ3n) is 3.69. The first-order chi connectivity index (χ1) is 11.7. The molecule has 1 aromatic heterocycles. The van der Waals surface area contributed by atoms with Crippen LogP contribution in [-0.4, -0.2) is 17.4 Å². The lowest BCUT2D eigenvalue weighted by Crippen LogP contribution is -2.31. The maximum Gasteiger partial charge on any atom is 0.225 e. The number of hydrogen-bond donors (Lipinski definition) is 1. The number of rotatable bonds is 5. The van der Waals surface area contributed by atoms with Gasteiger partial charge in [0.05, 0.1) is 22.4 Å². The van der Waals surface area contributed by atoms with Crippen LogP contribution in [0.15, 0.2) is 58.4 Å². The van der Waals surface area contributed by atoms with Crippen LogP contribution in [0.3, 0.4) is 0 Å². The quantitative estimate of drug-likeness (QED) is 0.831. The number of hydrogen-bond acceptors (Lipinski definition) is 5. The summed E-state index contributed by atoms with van der Waals surface area (Å²) in [5, 5.41) is 14.7. The van der Waals surface area contributed by atoms with Gasteiger partial charge in [0.2, 0.25) is 5.91 Å². The zero-order chi connectivity index (χ0) is 16.9. The van der Waals surface area contributed by atoms with Gasteiger partial charge in [-0.3, -0.25) is 9.59 Å². The van der Waals surface area contributed by atoms with Crippen LogP contribution < -0.4 is 5.32 Å². The van der Waals surface area contributed by atoms with Crippen molar-refractivity contribution in [3.63, 3.8) is 0 Å². The normalized spacial score (nSPS) is 17.3. The minimum Gasteiger partial charge on any atom is -0.320 e. The first-order valence-electron chi connectivity index (χ1n) is 7.37. The van der Waals surface area contributed by atoms with E-state index in [1.165, 1.54) is 23.1 Å². The van der Waals surface area contributed by atoms with E-state index in [1.54, 1.807) is 12.1 Å². The van der Waals surface area contributed by atoms with Crippen LogP contribution in [0.25, 0.3) is 0 Å². The lowest BCUT2D eigenvalue weighted by Gasteiger charge is -2.23. The van der Waals surface area contributed by atoms with E-state index in [9.17, 15) is 14.9 Å². The summed E-state index contributed by atoms with van der Waals surface area (Å²) in [5.74, 6) is -0.194. The smallest absolute Gasteiger partial charge is 0.225 e. The lowest BCUT2D eigenvalue weighted by atomic mass is 9.93. The van der Waals surface area contributed by atoms with Gasteiger partial charge in [-0.15, -0.1) is 11.3 Å². The molecule has 24 heavy (non-hydrogen) atoms. The zero-order valence-electron chi connectivity index (χ0n) is 12.7. The van der Waals surface area contributed by atoms with Crippen LogP contribution >= 0.6 is 23.1 Å². The topological polar surface area (TPSA) is 70.0 Å². The zero-order valence-corrected chi connectivity index (χ0v) is 14.3. The highest BCUT2D eigenvalue weighted by molar-refractivity contribution is 8.03. The molecule has 1 aromatic carbocycles. The van der Waals surface area contributed by atoms with Gasteiger partial charge in [0.1, 0.15) is 0 Å². The van der Waals surface area contributed by atoms with Gasteiger partial charge in [0.15, 0.2) is 5.78 Å². The van der Waals surface area contributed by atoms with E-state index in [-0.39, 0.29) is 29.8 Å². The number of amides is 1. The minimum atomic E-state index is -0.224. The fraction of sp³-hybridized carbons (Fsp3) is 0.167. The molecule has 1 N–H and O–H groups in total. The number of nitriles is 1. The highest BCUT2D eigenvalue weighted by Gasteiger charge is 2.30. The van der Waals surface area contributed by atoms with Crippen LogP contribution in [-0.2, 0) is 4.79 Å². The first-order valence-corrected chi connectivity index (χ1v) is 9.24. The van der Waals surface area contributed by atoms with Crippen LogP contribution in [0, 0.1) is 11.3 Å². The predicted octanol–water partition coefficient (Wildman–Crippen LogP) is 3.70. The molecule has 6 heteroatoms. The number of thioether (sulfide) groups is 1. The number of nitrogens with zero attached hydrogens (tertiary/aromatic N) is 1. The first kappa shape index (κ1) is 16.5. The number of benzene rings is 1. The third kappa shape index (κ3) is 3.58. The Morgan fingerprint density at radius 3 is 2.75 bits per heavy atom. The van der Waals surface area contributed by atoms with Gasteiger partial charge in [0, 0.05) is 22.8 Å². The Kier molecular flexibility index (Phi) is 5.14. The second-order valence-electron chi connectivity index (χ2n) is 5.25. The fourth-order valence-electron chi connectivity index (χ4n) is 2.51. The molecule has 1 aliphatic rings. The molecule has 0 unspecified atom stereocenters. The van der Waals surface area contributed by atoms with Gasteiger partial charge in [-0.25, -0.2) is 0 Å². The molecule has 0 saturated heterocycles. The number of carbonyl (C=O) groups is 2. The van der Waals surface area contributed by atoms with E-state index in [1.807, 2.05) is 35.7 Å². The molecule has 1 atom stereocenters. The molecule has 120 valence electrons. The predicted molar refractivity (Wildman–Crippen MR) is 95.7 cm³/mol. The van der Waals surface area contributed by atoms with E-state index >= 15 is 0 Å². The summed E-state index contributed by atoms with van der Waals surface area (Å²) < 4.78 is 0. The summed E-state index contributed by atoms with van der Waals surface area (Å²) in [6.07, 6.45) is 0.264. The summed E-state index contributed by atoms with van der Waals surface area (Å²) in [5.41, 5.74) is 1.16. The molecular formula is C18H14N2O2S2. The van der Waals surface area contributed by atoms with E-state index in [0.29, 0.717) is 16.2 Å². The van der Waals surface area contributed by atoms with Crippen molar-refractivity contribution in [3.05, 3.63) is 68.9 Å². The summed E-state index contributed by atoms with van der Waals surface area (Å²) >= 11 is 2.75. The van der Waals surface area contributed by atoms with E-state index in [0.717, 1.165) is 4.88 Å². The van der Waals surface area contributed by atoms with Crippen LogP contribution in [0.5, 0.6) is 0 Å². The standard InChI is InChI=1S/C18H14N2O2S2/c19-10-14-13(16-7-4-8-23-16)9-17(22)20-18(14)24-11-15(21)12-5-2-1-3-6-12/h1-8,13H,9,11H2,(H,20,22)/t13-/m0/s1. The molecule has 1 amide bonds. The van der Waals surface area contributed by atoms with Gasteiger partial charge >= 0.3 is 0 Å². The van der Waals surface area contributed by atoms with Crippen molar-refractivity contribution in [2.45, 2.75) is 12.3 Å². The molecule has 2 aromatic rings. The van der Waals surface area contributed by atoms with E-state index in [2.05, 4.69) is 11.4 Å². The van der Waals surface area contributed by atoms with E-state index in [4.69, 9.17) is 0 Å². The third-order valence-corrected chi connectivity index (χ3v) is 5.69. The van der Waals surface area contributed by atoms with Crippen molar-refractivity contribution < 1.29 is 9.59 Å². The molecule has 1 aliphatic heterocycles. The highest BCUT2D eigenvalue weighted by Crippen LogP contribution is 2.37. The van der Waals surface area contributed by atoms with Crippen molar-refractivity contribution >= 4 is 34.8 Å². The second kappa shape index (κ2) is 7.47. The molecule has 0 radical (unpaired) electrons. The van der Waals surface area contributed by atoms with Crippen LogP contribution in [0.4, 0.5) is 0 Å². The number of thiophene rings is 1. The Balaban J connectivity index is 1.80. The Labute approximate surface area is 148 Å². The maximum atomic E-state index is 12.2. The van der Waals surface area contributed by atoms with Gasteiger partial charge in [-0.1, -0.05) is 48.2 Å². The molecule has 0 bridgehead atoms. The molecule has 2 heterocycles. The molecular weight excluding hydrogens is 340 g/mol. The van der Waals surface area contributed by atoms with Gasteiger partial charge < -0.3 is 5.32 Å². The Hall–Kier alpha value is -2.36. The highest BCUT2D eigenvalue weighted by atomic mass is 32.2. The summed E-state index contributed by atoms with van der Waals surface area (Å²) in [6.45, 7) is 0. The van der Waals surface area contributed by atoms with Crippen LogP contribution in [0.1, 0.15) is 27.6 Å². The number of Topliss-reactive ketones (excluding diaryl/α,β-unsaturated/α-hetero) is 1. The Bertz CT molecular complexity index is 820. The van der Waals surface area contributed by atoms with Crippen molar-refractivity contribution in [1.82, 2.24) is 5.32 Å². The number of allylic oxidation sites excluding steroid dienone is 1. The number of carbonyl (C=O) groups excluding carboxylic acids is 2. The van der Waals surface area contributed by atoms with Crippen molar-refractivity contribution in [2.75, 3.05) is 5.75 Å². The van der Waals surface area contributed by atoms with Crippen LogP contribution in [0.2, 0.25) is 0 Å². The summed E-state index contributed by atoms with van der Waals surface area (Å²) in [4.78, 5) is 25.2. The lowest BCUT2D eigenvalue weighted by molar-refractivity contribution is -0.120. The maximum absolute atomic E-state index is 12.2. The van der Waals surface area contributed by atoms with Crippen molar-refractivity contribution in [3.8, 4) is 6.07 Å². The molecule has 0 saturated carbocycles. The second-order valence-corrected chi connectivity index (χ2v) is 7.22. The Morgan fingerprint density at radius 2 is 2.08 bits per heavy atom. The van der Waals surface area contributed by atoms with E-state index < -0.39 is 0 Å². The molecule has 3 rings (SSSR count). The summed E-state index contributed by atoms with van der Waals surface area (Å²) in [7, 11) is 0. The van der Waals surface area contributed by atoms with Crippen molar-refractivity contribution in [2.24, 2.45) is 0 Å². The molecule has 0 aliphatic carbocycles. The van der Waals surface area contributed by atoms with Gasteiger partial charge in [0.25, 0.3) is 0 Å². The Morgan fingerprint density at radius 1 is 1.29 bits per heavy atom. The molecule has 0 spiro atoms. The SMILES string of the molecule is N#CC1=C(SCC(=O)c2ccccc2)NC(=O)C[C@@H]1c1cccs1. The summed E-state index contributed by atoms with van der Waals surface area (Å²) in [6, 6.07) is 15.1. The fourth-order valence-corrected chi connectivity index (χ4v) is 4.32. The monoisotopic (exact) mass is 354 g/mol. The average Bonchev–Trinajstić information content (AvgIpc) is 3.14. The largest absolute Gasteiger partial charge is 0.320 e. The minimum absolute atomic E-state index is 0.0297. The van der Waals surface area contributed by atoms with Crippen molar-refractivity contribution in [1.29, 1.82) is 5.26 Å². The number of ketones is 1. The average molecular weight is 354 g/mol. The molecule has 0 fully saturated rings.